The van der Waals surface area contributed by atoms with Gasteiger partial charge in [-0.05, 0) is 13.8 Å². The van der Waals surface area contributed by atoms with Crippen molar-refractivity contribution >= 4 is 5.97 Å². The van der Waals surface area contributed by atoms with E-state index in [1.807, 2.05) is 0 Å². The topological polar surface area (TPSA) is 93.2 Å². The molecule has 2 atom stereocenters. The SMILES string of the molecule is C[C@H]1Cn2nc(C(=O)O)cc2-c2cnc([C@@](C)(O)C(F)(F)F)n21. The zero-order valence-corrected chi connectivity index (χ0v) is 12.2. The predicted molar refractivity (Wildman–Crippen MR) is 70.7 cm³/mol. The van der Waals surface area contributed by atoms with Gasteiger partial charge in [0, 0.05) is 6.07 Å². The highest BCUT2D eigenvalue weighted by Gasteiger charge is 2.55. The lowest BCUT2D eigenvalue weighted by Crippen LogP contribution is -2.42. The molecule has 10 heteroatoms. The van der Waals surface area contributed by atoms with Gasteiger partial charge in [-0.1, -0.05) is 0 Å². The molecule has 2 aromatic rings. The monoisotopic (exact) mass is 330 g/mol. The van der Waals surface area contributed by atoms with Crippen molar-refractivity contribution in [2.24, 2.45) is 0 Å². The molecule has 0 saturated heterocycles. The van der Waals surface area contributed by atoms with Gasteiger partial charge < -0.3 is 14.8 Å². The van der Waals surface area contributed by atoms with Crippen molar-refractivity contribution in [3.05, 3.63) is 23.8 Å². The number of alkyl halides is 3. The van der Waals surface area contributed by atoms with E-state index in [2.05, 4.69) is 10.1 Å². The Morgan fingerprint density at radius 1 is 1.39 bits per heavy atom. The van der Waals surface area contributed by atoms with Gasteiger partial charge in [0.1, 0.15) is 0 Å². The maximum atomic E-state index is 13.1. The average molecular weight is 330 g/mol. The van der Waals surface area contributed by atoms with Crippen molar-refractivity contribution in [2.45, 2.75) is 38.2 Å². The molecule has 0 fully saturated rings. The smallest absolute Gasteiger partial charge is 0.424 e. The summed E-state index contributed by atoms with van der Waals surface area (Å²) < 4.78 is 42.0. The highest BCUT2D eigenvalue weighted by Crippen LogP contribution is 2.42. The molecule has 3 rings (SSSR count). The third-order valence-electron chi connectivity index (χ3n) is 3.92. The number of aromatic carboxylic acids is 1. The minimum atomic E-state index is -4.89. The molecular weight excluding hydrogens is 317 g/mol. The van der Waals surface area contributed by atoms with E-state index >= 15 is 0 Å². The first-order chi connectivity index (χ1) is 10.5. The Kier molecular flexibility index (Phi) is 3.09. The van der Waals surface area contributed by atoms with E-state index in [9.17, 15) is 23.1 Å². The van der Waals surface area contributed by atoms with Crippen LogP contribution in [0.3, 0.4) is 0 Å². The average Bonchev–Trinajstić information content (AvgIpc) is 3.00. The highest BCUT2D eigenvalue weighted by molar-refractivity contribution is 5.86. The maximum Gasteiger partial charge on any atom is 0.424 e. The van der Waals surface area contributed by atoms with Crippen LogP contribution in [0.5, 0.6) is 0 Å². The van der Waals surface area contributed by atoms with Crippen molar-refractivity contribution in [1.82, 2.24) is 19.3 Å². The molecule has 0 saturated carbocycles. The molecule has 2 aromatic heterocycles. The quantitative estimate of drug-likeness (QED) is 0.876. The third kappa shape index (κ3) is 2.12. The summed E-state index contributed by atoms with van der Waals surface area (Å²) in [6, 6.07) is 0.790. The Morgan fingerprint density at radius 3 is 2.61 bits per heavy atom. The highest BCUT2D eigenvalue weighted by atomic mass is 19.4. The molecule has 0 aromatic carbocycles. The van der Waals surface area contributed by atoms with E-state index in [1.165, 1.54) is 21.5 Å². The fraction of sp³-hybridized carbons (Fsp3) is 0.462. The summed E-state index contributed by atoms with van der Waals surface area (Å²) >= 11 is 0. The number of nitrogens with zero attached hydrogens (tertiary/aromatic N) is 4. The fourth-order valence-electron chi connectivity index (χ4n) is 2.68. The van der Waals surface area contributed by atoms with Gasteiger partial charge in [0.2, 0.25) is 5.60 Å². The molecule has 1 aliphatic heterocycles. The minimum absolute atomic E-state index is 0.174. The first kappa shape index (κ1) is 15.5. The zero-order valence-electron chi connectivity index (χ0n) is 12.2. The van der Waals surface area contributed by atoms with Crippen LogP contribution in [0, 0.1) is 0 Å². The van der Waals surface area contributed by atoms with Crippen LogP contribution in [-0.4, -0.2) is 41.7 Å². The Morgan fingerprint density at radius 2 is 2.04 bits per heavy atom. The minimum Gasteiger partial charge on any atom is -0.476 e. The van der Waals surface area contributed by atoms with Gasteiger partial charge in [0.05, 0.1) is 30.2 Å². The van der Waals surface area contributed by atoms with Gasteiger partial charge in [-0.15, -0.1) is 0 Å². The second-order valence-corrected chi connectivity index (χ2v) is 5.66. The van der Waals surface area contributed by atoms with Crippen LogP contribution < -0.4 is 0 Å². The summed E-state index contributed by atoms with van der Waals surface area (Å²) in [6.07, 6.45) is -3.71. The molecule has 0 bridgehead atoms. The van der Waals surface area contributed by atoms with Gasteiger partial charge in [-0.25, -0.2) is 9.78 Å². The van der Waals surface area contributed by atoms with Crippen LogP contribution >= 0.6 is 0 Å². The molecule has 3 heterocycles. The van der Waals surface area contributed by atoms with Crippen LogP contribution in [-0.2, 0) is 12.1 Å². The molecule has 124 valence electrons. The van der Waals surface area contributed by atoms with Crippen LogP contribution in [0.15, 0.2) is 12.3 Å². The number of halogens is 3. The number of rotatable bonds is 2. The van der Waals surface area contributed by atoms with Crippen molar-refractivity contribution in [2.75, 3.05) is 0 Å². The van der Waals surface area contributed by atoms with Crippen LogP contribution in [0.2, 0.25) is 0 Å². The molecule has 0 aliphatic carbocycles. The summed E-state index contributed by atoms with van der Waals surface area (Å²) in [5.41, 5.74) is -2.69. The Balaban J connectivity index is 2.19. The molecule has 23 heavy (non-hydrogen) atoms. The first-order valence-corrected chi connectivity index (χ1v) is 6.72. The van der Waals surface area contributed by atoms with Crippen molar-refractivity contribution in [3.8, 4) is 11.4 Å². The number of carboxylic acid groups (broad SMARTS) is 1. The summed E-state index contributed by atoms with van der Waals surface area (Å²) in [7, 11) is 0. The summed E-state index contributed by atoms with van der Waals surface area (Å²) in [4.78, 5) is 14.8. The molecule has 0 radical (unpaired) electrons. The predicted octanol–water partition coefficient (Wildman–Crippen LogP) is 1.79. The lowest BCUT2D eigenvalue weighted by Gasteiger charge is -2.31. The number of carbonyl (C=O) groups is 1. The maximum absolute atomic E-state index is 13.1. The number of fused-ring (bicyclic) bond motifs is 3. The van der Waals surface area contributed by atoms with Gasteiger partial charge >= 0.3 is 12.1 Å². The van der Waals surface area contributed by atoms with E-state index in [4.69, 9.17) is 5.11 Å². The number of aliphatic hydroxyl groups is 1. The van der Waals surface area contributed by atoms with Gasteiger partial charge in [0.15, 0.2) is 11.5 Å². The molecule has 0 unspecified atom stereocenters. The van der Waals surface area contributed by atoms with Gasteiger partial charge in [-0.2, -0.15) is 18.3 Å². The van der Waals surface area contributed by atoms with Crippen LogP contribution in [0.1, 0.15) is 36.2 Å². The molecule has 2 N–H and O–H groups in total. The number of imidazole rings is 1. The summed E-state index contributed by atoms with van der Waals surface area (Å²) in [5.74, 6) is -1.76. The Labute approximate surface area is 128 Å². The number of aromatic nitrogens is 4. The third-order valence-corrected chi connectivity index (χ3v) is 3.92. The fourth-order valence-corrected chi connectivity index (χ4v) is 2.68. The van der Waals surface area contributed by atoms with E-state index in [-0.39, 0.29) is 17.9 Å². The molecule has 0 spiro atoms. The first-order valence-electron chi connectivity index (χ1n) is 6.72. The number of carboxylic acids is 1. The van der Waals surface area contributed by atoms with Gasteiger partial charge in [-0.3, -0.25) is 4.68 Å². The van der Waals surface area contributed by atoms with Crippen molar-refractivity contribution in [3.63, 3.8) is 0 Å². The zero-order chi connectivity index (χ0) is 17.2. The van der Waals surface area contributed by atoms with Gasteiger partial charge in [0.25, 0.3) is 0 Å². The molecule has 7 nitrogen and oxygen atoms in total. The van der Waals surface area contributed by atoms with E-state index in [0.29, 0.717) is 12.6 Å². The lowest BCUT2D eigenvalue weighted by molar-refractivity contribution is -0.262. The van der Waals surface area contributed by atoms with Crippen LogP contribution in [0.25, 0.3) is 11.4 Å². The van der Waals surface area contributed by atoms with E-state index < -0.39 is 29.6 Å². The number of hydrogen-bond donors (Lipinski definition) is 2. The normalized spacial score (nSPS) is 19.8. The summed E-state index contributed by atoms with van der Waals surface area (Å²) in [5, 5.41) is 22.8. The van der Waals surface area contributed by atoms with Crippen LogP contribution in [0.4, 0.5) is 13.2 Å². The molecule has 0 amide bonds. The molecule has 1 aliphatic rings. The van der Waals surface area contributed by atoms with Crippen molar-refractivity contribution in [1.29, 1.82) is 0 Å². The largest absolute Gasteiger partial charge is 0.476 e. The molecular formula is C13H13F3N4O3. The standard InChI is InChI=1S/C13H13F3N4O3/c1-6-5-19-8(3-7(18-19)10(21)22)9-4-17-11(20(6)9)12(2,23)13(14,15)16/h3-4,6,23H,5H2,1-2H3,(H,21,22)/t6-,12+/m0/s1. The second kappa shape index (κ2) is 4.57. The Hall–Kier alpha value is -2.36. The Bertz CT molecular complexity index is 791. The number of hydrogen-bond acceptors (Lipinski definition) is 4. The van der Waals surface area contributed by atoms with Crippen molar-refractivity contribution < 1.29 is 28.2 Å². The summed E-state index contributed by atoms with van der Waals surface area (Å²) in [6.45, 7) is 2.46. The van der Waals surface area contributed by atoms with E-state index in [1.54, 1.807) is 6.92 Å². The lowest BCUT2D eigenvalue weighted by atomic mass is 10.0. The second-order valence-electron chi connectivity index (χ2n) is 5.66. The van der Waals surface area contributed by atoms with E-state index in [0.717, 1.165) is 0 Å².